The summed E-state index contributed by atoms with van der Waals surface area (Å²) in [6, 6.07) is 19.7. The Labute approximate surface area is 558 Å². The molecule has 0 saturated carbocycles. The molecule has 2 aliphatic rings. The molecule has 2 saturated heterocycles. The number of nitrogens with one attached hydrogen (secondary N) is 9. The molecule has 0 aromatic heterocycles. The number of aliphatic imine (C=N–C) groups is 1. The first-order chi connectivity index (χ1) is 44.8. The number of primary amides is 1. The quantitative estimate of drug-likeness (QED) is 0.0217. The van der Waals surface area contributed by atoms with Crippen LogP contribution >= 0.6 is 33.2 Å². The normalized spacial score (nSPS) is 21.2. The number of nitrogens with two attached hydrogens (primary N) is 3. The van der Waals surface area contributed by atoms with Crippen LogP contribution in [-0.4, -0.2) is 161 Å². The molecule has 0 aliphatic carbocycles. The predicted octanol–water partition coefficient (Wildman–Crippen LogP) is 2.07. The van der Waals surface area contributed by atoms with Crippen molar-refractivity contribution in [3.63, 3.8) is 0 Å². The minimum absolute atomic E-state index is 0.0339. The lowest BCUT2D eigenvalue weighted by Crippen LogP contribution is -2.61. The van der Waals surface area contributed by atoms with Gasteiger partial charge in [-0.3, -0.25) is 57.7 Å². The summed E-state index contributed by atoms with van der Waals surface area (Å²) in [5, 5.41) is 28.7. The third-order valence-electron chi connectivity index (χ3n) is 15.9. The Morgan fingerprint density at radius 2 is 1.20 bits per heavy atom. The van der Waals surface area contributed by atoms with Crippen molar-refractivity contribution in [1.29, 1.82) is 0 Å². The SMILES string of the molecule is CC(=O)N[C@H](Cc1ccc2ccccc2c1)C(=O)N[C@@H](Cc1ccc(Cl)cc1)C(=O)N[C@@H]1CSSC[C@@H](C(=O)N2CCC[C@H]2C(=O)N[C@@H](C)C(N)=O)NC(=O)[C@H](CC(C)C)NC(=O)[C@H](Cc2ccc3ccccc3c2)NC(=O)[C@H](CCCN=C(N)N)NC(=O)[C@H](C)NC1=O. The second kappa shape index (κ2) is 34.8. The minimum atomic E-state index is -1.51. The van der Waals surface area contributed by atoms with Crippen LogP contribution in [0.3, 0.4) is 0 Å². The average Bonchev–Trinajstić information content (AvgIpc) is 1.35. The number of rotatable bonds is 21. The van der Waals surface area contributed by atoms with Crippen molar-refractivity contribution in [3.05, 3.63) is 131 Å². The molecule has 2 fully saturated rings. The third kappa shape index (κ3) is 21.6. The second-order valence-corrected chi connectivity index (χ2v) is 26.9. The summed E-state index contributed by atoms with van der Waals surface area (Å²) in [6.07, 6.45) is 0.518. The summed E-state index contributed by atoms with van der Waals surface area (Å²) in [6.45, 7) is 7.81. The molecule has 5 aromatic carbocycles. The van der Waals surface area contributed by atoms with Gasteiger partial charge in [0.15, 0.2) is 5.96 Å². The zero-order chi connectivity index (χ0) is 68.2. The van der Waals surface area contributed by atoms with Crippen LogP contribution in [0.5, 0.6) is 0 Å². The van der Waals surface area contributed by atoms with Gasteiger partial charge in [0.05, 0.1) is 0 Å². The van der Waals surface area contributed by atoms with Crippen LogP contribution in [0.4, 0.5) is 0 Å². The van der Waals surface area contributed by atoms with E-state index in [1.54, 1.807) is 30.3 Å². The van der Waals surface area contributed by atoms with Crippen molar-refractivity contribution < 1.29 is 52.7 Å². The van der Waals surface area contributed by atoms with Crippen molar-refractivity contribution in [2.45, 2.75) is 146 Å². The van der Waals surface area contributed by atoms with E-state index in [4.69, 9.17) is 28.8 Å². The standard InChI is InChI=1S/C66H83ClN14O11S2/c1-36(2)28-49-59(86)80-54(65(92)81-27-11-17-55(81)64(91)72-37(3)56(68)83)35-94-93-34-53(79-62(89)51(31-40-20-24-47(67)25-21-40)78-60(87)50(74-39(5)82)32-41-18-22-43-12-6-8-14-45(43)29-41)63(90)73-38(4)57(84)75-48(16-10-26-71-66(69)70)58(85)77-52(61(88)76-49)33-42-19-23-44-13-7-9-15-46(44)30-42/h6-9,12-15,18-25,29-30,36-38,48-55H,10-11,16-17,26-28,31-35H2,1-5H3,(H2,68,83)(H,72,91)(H,73,90)(H,74,82)(H,75,84)(H,76,88)(H,77,85)(H,78,87)(H,79,89)(H,80,86)(H4,69,70,71)/t37-,38-,48-,49-,50+,51-,52-,53+,54-,55-/m0/s1. The molecule has 2 aliphatic heterocycles. The number of halogens is 1. The number of guanidine groups is 1. The van der Waals surface area contributed by atoms with E-state index in [0.29, 0.717) is 28.1 Å². The van der Waals surface area contributed by atoms with E-state index < -0.39 is 125 Å². The topological polar surface area (TPSA) is 390 Å². The number of carbonyl (C=O) groups excluding carboxylic acids is 11. The highest BCUT2D eigenvalue weighted by Crippen LogP contribution is 2.27. The van der Waals surface area contributed by atoms with E-state index in [0.717, 1.165) is 43.1 Å². The van der Waals surface area contributed by atoms with E-state index in [-0.39, 0.29) is 81.4 Å². The van der Waals surface area contributed by atoms with E-state index in [1.165, 1.54) is 25.7 Å². The Morgan fingerprint density at radius 1 is 0.638 bits per heavy atom. The highest BCUT2D eigenvalue weighted by atomic mass is 35.5. The lowest BCUT2D eigenvalue weighted by Gasteiger charge is -2.31. The monoisotopic (exact) mass is 1350 g/mol. The van der Waals surface area contributed by atoms with Gasteiger partial charge in [0, 0.05) is 55.8 Å². The summed E-state index contributed by atoms with van der Waals surface area (Å²) in [5.74, 6) is -9.28. The maximum Gasteiger partial charge on any atom is 0.246 e. The van der Waals surface area contributed by atoms with Gasteiger partial charge < -0.3 is 70.0 Å². The fraction of sp³-hybridized carbons (Fsp3) is 0.424. The third-order valence-corrected chi connectivity index (χ3v) is 18.6. The van der Waals surface area contributed by atoms with Gasteiger partial charge in [-0.2, -0.15) is 0 Å². The molecule has 0 unspecified atom stereocenters. The van der Waals surface area contributed by atoms with E-state index in [2.05, 4.69) is 52.8 Å². The first-order valence-electron chi connectivity index (χ1n) is 31.1. The lowest BCUT2D eigenvalue weighted by molar-refractivity contribution is -0.142. The van der Waals surface area contributed by atoms with E-state index in [1.807, 2.05) is 92.7 Å². The Bertz CT molecular complexity index is 3620. The zero-order valence-corrected chi connectivity index (χ0v) is 55.4. The number of hydrogen-bond donors (Lipinski definition) is 12. The summed E-state index contributed by atoms with van der Waals surface area (Å²) in [5.41, 5.74) is 18.6. The van der Waals surface area contributed by atoms with Crippen LogP contribution < -0.4 is 65.1 Å². The number of likely N-dealkylation sites (tertiary alicyclic amines) is 1. The summed E-state index contributed by atoms with van der Waals surface area (Å²) >= 11 is 6.26. The van der Waals surface area contributed by atoms with Crippen LogP contribution in [0.15, 0.2) is 114 Å². The molecule has 0 bridgehead atoms. The molecular formula is C66H83ClN14O11S2. The number of benzene rings is 5. The molecule has 2 heterocycles. The molecule has 25 nitrogen and oxygen atoms in total. The molecule has 28 heteroatoms. The average molecular weight is 1350 g/mol. The van der Waals surface area contributed by atoms with Crippen molar-refractivity contribution in [2.24, 2.45) is 28.1 Å². The van der Waals surface area contributed by atoms with Gasteiger partial charge in [-0.15, -0.1) is 0 Å². The van der Waals surface area contributed by atoms with Gasteiger partial charge in [0.25, 0.3) is 0 Å². The maximum atomic E-state index is 15.0. The molecule has 15 N–H and O–H groups in total. The Kier molecular flexibility index (Phi) is 26.8. The van der Waals surface area contributed by atoms with E-state index in [9.17, 15) is 52.7 Å². The first-order valence-corrected chi connectivity index (χ1v) is 34.0. The smallest absolute Gasteiger partial charge is 0.246 e. The molecule has 502 valence electrons. The highest BCUT2D eigenvalue weighted by Gasteiger charge is 2.41. The first kappa shape index (κ1) is 72.5. The largest absolute Gasteiger partial charge is 0.370 e. The zero-order valence-electron chi connectivity index (χ0n) is 53.0. The van der Waals surface area contributed by atoms with Gasteiger partial charge in [-0.05, 0) is 102 Å². The fourth-order valence-corrected chi connectivity index (χ4v) is 13.4. The van der Waals surface area contributed by atoms with Crippen LogP contribution in [0.25, 0.3) is 21.5 Å². The number of fused-ring (bicyclic) bond motifs is 2. The van der Waals surface area contributed by atoms with Crippen LogP contribution in [-0.2, 0) is 72.0 Å². The molecule has 94 heavy (non-hydrogen) atoms. The second-order valence-electron chi connectivity index (χ2n) is 23.9. The number of nitrogens with zero attached hydrogens (tertiary/aromatic N) is 2. The molecule has 7 rings (SSSR count). The van der Waals surface area contributed by atoms with Gasteiger partial charge in [0.1, 0.15) is 60.4 Å². The predicted molar refractivity (Wildman–Crippen MR) is 363 cm³/mol. The van der Waals surface area contributed by atoms with Gasteiger partial charge in [-0.1, -0.05) is 144 Å². The van der Waals surface area contributed by atoms with Crippen molar-refractivity contribution in [3.8, 4) is 0 Å². The summed E-state index contributed by atoms with van der Waals surface area (Å²) in [7, 11) is 2.02. The molecule has 11 amide bonds. The number of hydrogen-bond acceptors (Lipinski definition) is 14. The Morgan fingerprint density at radius 3 is 1.84 bits per heavy atom. The highest BCUT2D eigenvalue weighted by molar-refractivity contribution is 8.76. The molecular weight excluding hydrogens is 1260 g/mol. The van der Waals surface area contributed by atoms with Crippen molar-refractivity contribution >= 4 is 126 Å². The molecule has 5 aromatic rings. The number of carbonyl (C=O) groups is 11. The van der Waals surface area contributed by atoms with Crippen molar-refractivity contribution in [1.82, 2.24) is 52.8 Å². The van der Waals surface area contributed by atoms with Crippen LogP contribution in [0.2, 0.25) is 5.02 Å². The van der Waals surface area contributed by atoms with Crippen LogP contribution in [0.1, 0.15) is 83.4 Å². The summed E-state index contributed by atoms with van der Waals surface area (Å²) < 4.78 is 0. The fourth-order valence-electron chi connectivity index (χ4n) is 10.9. The molecule has 0 spiro atoms. The Balaban J connectivity index is 1.25. The summed E-state index contributed by atoms with van der Waals surface area (Å²) in [4.78, 5) is 162. The van der Waals surface area contributed by atoms with Crippen LogP contribution in [0, 0.1) is 5.92 Å². The van der Waals surface area contributed by atoms with Gasteiger partial charge in [0.2, 0.25) is 65.0 Å². The molecule has 10 atom stereocenters. The van der Waals surface area contributed by atoms with Crippen molar-refractivity contribution in [2.75, 3.05) is 24.6 Å². The molecule has 0 radical (unpaired) electrons. The maximum absolute atomic E-state index is 15.0. The van der Waals surface area contributed by atoms with Gasteiger partial charge in [-0.25, -0.2) is 0 Å². The van der Waals surface area contributed by atoms with Gasteiger partial charge >= 0.3 is 0 Å². The number of amides is 11. The minimum Gasteiger partial charge on any atom is -0.370 e. The van der Waals surface area contributed by atoms with E-state index >= 15 is 0 Å². The Hall–Kier alpha value is -8.95. The lowest BCUT2D eigenvalue weighted by atomic mass is 9.99.